The van der Waals surface area contributed by atoms with Gasteiger partial charge in [-0.15, -0.1) is 11.3 Å². The average molecular weight is 269 g/mol. The van der Waals surface area contributed by atoms with Crippen LogP contribution in [0.2, 0.25) is 0 Å². The summed E-state index contributed by atoms with van der Waals surface area (Å²) < 4.78 is 1.23. The predicted molar refractivity (Wildman–Crippen MR) is 64.6 cm³/mol. The highest BCUT2D eigenvalue weighted by Gasteiger charge is 2.11. The average Bonchev–Trinajstić information content (AvgIpc) is 2.57. The first-order valence-electron chi connectivity index (χ1n) is 4.30. The van der Waals surface area contributed by atoms with Gasteiger partial charge in [0.05, 0.1) is 4.88 Å². The molecule has 0 aliphatic heterocycles. The Kier molecular flexibility index (Phi) is 2.70. The van der Waals surface area contributed by atoms with E-state index in [1.54, 1.807) is 11.3 Å². The number of aldehydes is 1. The number of alkyl halides is 1. The van der Waals surface area contributed by atoms with E-state index in [0.717, 1.165) is 22.1 Å². The van der Waals surface area contributed by atoms with Crippen LogP contribution >= 0.6 is 27.3 Å². The van der Waals surface area contributed by atoms with Gasteiger partial charge in [-0.2, -0.15) is 0 Å². The molecule has 1 aromatic carbocycles. The Labute approximate surface area is 94.9 Å². The molecule has 1 heterocycles. The van der Waals surface area contributed by atoms with Gasteiger partial charge in [-0.25, -0.2) is 0 Å². The van der Waals surface area contributed by atoms with Crippen LogP contribution in [-0.2, 0) is 5.33 Å². The normalized spacial score (nSPS) is 10.7. The minimum Gasteiger partial charge on any atom is -0.297 e. The van der Waals surface area contributed by atoms with Crippen molar-refractivity contribution in [3.8, 4) is 0 Å². The Hall–Kier alpha value is -0.670. The minimum absolute atomic E-state index is 0.741. The summed E-state index contributed by atoms with van der Waals surface area (Å²) in [7, 11) is 0. The van der Waals surface area contributed by atoms with Crippen molar-refractivity contribution in [3.63, 3.8) is 0 Å². The van der Waals surface area contributed by atoms with E-state index in [-0.39, 0.29) is 0 Å². The first kappa shape index (κ1) is 9.87. The third-order valence-electron chi connectivity index (χ3n) is 2.29. The molecule has 72 valence electrons. The molecule has 0 radical (unpaired) electrons. The maximum atomic E-state index is 10.9. The highest BCUT2D eigenvalue weighted by molar-refractivity contribution is 9.08. The second-order valence-electron chi connectivity index (χ2n) is 3.15. The zero-order valence-corrected chi connectivity index (χ0v) is 10.1. The molecular weight excluding hydrogens is 260 g/mol. The van der Waals surface area contributed by atoms with Crippen LogP contribution in [0.1, 0.15) is 20.8 Å². The molecule has 0 fully saturated rings. The number of thiophene rings is 1. The van der Waals surface area contributed by atoms with Crippen LogP contribution in [0.25, 0.3) is 10.1 Å². The fourth-order valence-corrected chi connectivity index (χ4v) is 3.46. The Bertz CT molecular complexity index is 487. The molecule has 1 nitrogen and oxygen atoms in total. The molecule has 0 saturated carbocycles. The van der Waals surface area contributed by atoms with Gasteiger partial charge in [-0.1, -0.05) is 34.1 Å². The quantitative estimate of drug-likeness (QED) is 0.596. The largest absolute Gasteiger partial charge is 0.297 e. The highest BCUT2D eigenvalue weighted by atomic mass is 79.9. The van der Waals surface area contributed by atoms with Crippen molar-refractivity contribution in [1.82, 2.24) is 0 Å². The smallest absolute Gasteiger partial charge is 0.160 e. The van der Waals surface area contributed by atoms with Crippen molar-refractivity contribution in [1.29, 1.82) is 0 Å². The summed E-state index contributed by atoms with van der Waals surface area (Å²) in [5.74, 6) is 0. The van der Waals surface area contributed by atoms with Gasteiger partial charge in [-0.05, 0) is 23.4 Å². The van der Waals surface area contributed by atoms with Gasteiger partial charge >= 0.3 is 0 Å². The molecule has 0 bridgehead atoms. The molecule has 0 aliphatic rings. The summed E-state index contributed by atoms with van der Waals surface area (Å²) in [6, 6.07) is 6.18. The SMILES string of the molecule is Cc1cccc2c(CBr)c(C=O)sc12. The van der Waals surface area contributed by atoms with E-state index in [2.05, 4.69) is 35.0 Å². The summed E-state index contributed by atoms with van der Waals surface area (Å²) in [6.45, 7) is 2.07. The minimum atomic E-state index is 0.741. The number of aryl methyl sites for hydroxylation is 1. The van der Waals surface area contributed by atoms with Crippen LogP contribution in [0.15, 0.2) is 18.2 Å². The van der Waals surface area contributed by atoms with Crippen molar-refractivity contribution in [2.24, 2.45) is 0 Å². The fourth-order valence-electron chi connectivity index (χ4n) is 1.56. The number of carbonyl (C=O) groups is 1. The molecule has 14 heavy (non-hydrogen) atoms. The molecular formula is C11H9BrOS. The summed E-state index contributed by atoms with van der Waals surface area (Å²) in [5.41, 5.74) is 2.35. The summed E-state index contributed by atoms with van der Waals surface area (Å²) in [5, 5.41) is 1.94. The Morgan fingerprint density at radius 2 is 2.29 bits per heavy atom. The second kappa shape index (κ2) is 3.83. The van der Waals surface area contributed by atoms with Crippen molar-refractivity contribution in [2.45, 2.75) is 12.3 Å². The number of hydrogen-bond acceptors (Lipinski definition) is 2. The van der Waals surface area contributed by atoms with Gasteiger partial charge in [0, 0.05) is 10.0 Å². The van der Waals surface area contributed by atoms with E-state index in [1.807, 2.05) is 6.07 Å². The van der Waals surface area contributed by atoms with Crippen LogP contribution in [0, 0.1) is 6.92 Å². The van der Waals surface area contributed by atoms with Crippen LogP contribution in [0.5, 0.6) is 0 Å². The summed E-state index contributed by atoms with van der Waals surface area (Å²) in [4.78, 5) is 11.7. The zero-order valence-electron chi connectivity index (χ0n) is 7.71. The lowest BCUT2D eigenvalue weighted by Gasteiger charge is -1.95. The molecule has 3 heteroatoms. The van der Waals surface area contributed by atoms with Gasteiger partial charge in [0.25, 0.3) is 0 Å². The molecule has 0 unspecified atom stereocenters. The van der Waals surface area contributed by atoms with Crippen LogP contribution < -0.4 is 0 Å². The molecule has 2 rings (SSSR count). The van der Waals surface area contributed by atoms with Gasteiger partial charge in [-0.3, -0.25) is 4.79 Å². The number of benzene rings is 1. The van der Waals surface area contributed by atoms with Crippen LogP contribution in [0.3, 0.4) is 0 Å². The van der Waals surface area contributed by atoms with Gasteiger partial charge in [0.15, 0.2) is 6.29 Å². The molecule has 0 aliphatic carbocycles. The second-order valence-corrected chi connectivity index (χ2v) is 4.76. The molecule has 0 atom stereocenters. The highest BCUT2D eigenvalue weighted by Crippen LogP contribution is 2.33. The zero-order chi connectivity index (χ0) is 10.1. The number of rotatable bonds is 2. The monoisotopic (exact) mass is 268 g/mol. The molecule has 1 aromatic heterocycles. The first-order valence-corrected chi connectivity index (χ1v) is 6.24. The topological polar surface area (TPSA) is 17.1 Å². The van der Waals surface area contributed by atoms with Crippen molar-refractivity contribution in [2.75, 3.05) is 0 Å². The van der Waals surface area contributed by atoms with E-state index >= 15 is 0 Å². The molecule has 0 amide bonds. The maximum Gasteiger partial charge on any atom is 0.160 e. The Balaban J connectivity index is 2.86. The Morgan fingerprint density at radius 1 is 1.50 bits per heavy atom. The van der Waals surface area contributed by atoms with E-state index in [0.29, 0.717) is 0 Å². The predicted octanol–water partition coefficient (Wildman–Crippen LogP) is 3.92. The molecule has 0 spiro atoms. The number of fused-ring (bicyclic) bond motifs is 1. The summed E-state index contributed by atoms with van der Waals surface area (Å²) in [6.07, 6.45) is 0.945. The number of hydrogen-bond donors (Lipinski definition) is 0. The molecule has 0 N–H and O–H groups in total. The van der Waals surface area contributed by atoms with Crippen molar-refractivity contribution >= 4 is 43.6 Å². The standard InChI is InChI=1S/C11H9BrOS/c1-7-3-2-4-8-9(5-12)10(6-13)14-11(7)8/h2-4,6H,5H2,1H3. The number of halogens is 1. The van der Waals surface area contributed by atoms with Crippen LogP contribution in [-0.4, -0.2) is 6.29 Å². The third-order valence-corrected chi connectivity index (χ3v) is 4.16. The maximum absolute atomic E-state index is 10.9. The fraction of sp³-hybridized carbons (Fsp3) is 0.182. The Morgan fingerprint density at radius 3 is 2.93 bits per heavy atom. The van der Waals surface area contributed by atoms with Gasteiger partial charge < -0.3 is 0 Å². The van der Waals surface area contributed by atoms with E-state index in [9.17, 15) is 4.79 Å². The summed E-state index contributed by atoms with van der Waals surface area (Å²) >= 11 is 5.00. The van der Waals surface area contributed by atoms with Crippen molar-refractivity contribution in [3.05, 3.63) is 34.2 Å². The lowest BCUT2D eigenvalue weighted by molar-refractivity contribution is 0.112. The third kappa shape index (κ3) is 1.41. The van der Waals surface area contributed by atoms with E-state index in [1.165, 1.54) is 15.6 Å². The lowest BCUT2D eigenvalue weighted by atomic mass is 10.1. The number of carbonyl (C=O) groups excluding carboxylic acids is 1. The molecule has 0 saturated heterocycles. The van der Waals surface area contributed by atoms with E-state index in [4.69, 9.17) is 0 Å². The van der Waals surface area contributed by atoms with Crippen molar-refractivity contribution < 1.29 is 4.79 Å². The van der Waals surface area contributed by atoms with E-state index < -0.39 is 0 Å². The van der Waals surface area contributed by atoms with Crippen LogP contribution in [0.4, 0.5) is 0 Å². The van der Waals surface area contributed by atoms with Gasteiger partial charge in [0.2, 0.25) is 0 Å². The molecule has 2 aromatic rings. The first-order chi connectivity index (χ1) is 6.77. The lowest BCUT2D eigenvalue weighted by Crippen LogP contribution is -1.80. The van der Waals surface area contributed by atoms with Gasteiger partial charge in [0.1, 0.15) is 0 Å².